The Balaban J connectivity index is 1.47. The van der Waals surface area contributed by atoms with Crippen molar-refractivity contribution in [1.29, 1.82) is 0 Å². The van der Waals surface area contributed by atoms with Crippen LogP contribution in [0.25, 0.3) is 6.08 Å². The molecular formula is C21H27N3O. The zero-order valence-electron chi connectivity index (χ0n) is 14.9. The van der Waals surface area contributed by atoms with E-state index in [4.69, 9.17) is 0 Å². The number of hydrogen-bond donors (Lipinski definition) is 2. The first-order valence-corrected chi connectivity index (χ1v) is 8.90. The molecule has 0 aliphatic carbocycles. The van der Waals surface area contributed by atoms with E-state index < -0.39 is 0 Å². The molecule has 0 aliphatic rings. The Morgan fingerprint density at radius 3 is 2.52 bits per heavy atom. The summed E-state index contributed by atoms with van der Waals surface area (Å²) >= 11 is 0. The third-order valence-corrected chi connectivity index (χ3v) is 3.90. The fourth-order valence-corrected chi connectivity index (χ4v) is 2.42. The molecule has 4 heteroatoms. The molecule has 0 fully saturated rings. The highest BCUT2D eigenvalue weighted by Gasteiger charge is 1.96. The van der Waals surface area contributed by atoms with E-state index in [0.29, 0.717) is 0 Å². The lowest BCUT2D eigenvalue weighted by molar-refractivity contribution is -0.116. The lowest BCUT2D eigenvalue weighted by Gasteiger charge is -2.07. The van der Waals surface area contributed by atoms with E-state index in [-0.39, 0.29) is 5.91 Å². The number of nitrogens with zero attached hydrogens (tertiary/aromatic N) is 1. The third kappa shape index (κ3) is 8.15. The summed E-state index contributed by atoms with van der Waals surface area (Å²) < 4.78 is 0. The van der Waals surface area contributed by atoms with E-state index in [0.717, 1.165) is 37.9 Å². The van der Waals surface area contributed by atoms with Crippen LogP contribution in [0, 0.1) is 6.92 Å². The van der Waals surface area contributed by atoms with Crippen LogP contribution in [0.15, 0.2) is 54.9 Å². The molecule has 2 aromatic rings. The smallest absolute Gasteiger partial charge is 0.243 e. The molecule has 0 bridgehead atoms. The molecule has 0 saturated heterocycles. The van der Waals surface area contributed by atoms with Crippen molar-refractivity contribution < 1.29 is 4.79 Å². The van der Waals surface area contributed by atoms with Gasteiger partial charge in [-0.2, -0.15) is 0 Å². The van der Waals surface area contributed by atoms with Crippen molar-refractivity contribution in [3.63, 3.8) is 0 Å². The number of carbonyl (C=O) groups excluding carboxylic acids is 1. The molecule has 0 atom stereocenters. The first kappa shape index (κ1) is 18.7. The number of aromatic nitrogens is 1. The van der Waals surface area contributed by atoms with E-state index in [2.05, 4.69) is 46.8 Å². The monoisotopic (exact) mass is 337 g/mol. The second-order valence-corrected chi connectivity index (χ2v) is 6.12. The fraction of sp³-hybridized carbons (Fsp3) is 0.333. The first-order chi connectivity index (χ1) is 12.2. The second-order valence-electron chi connectivity index (χ2n) is 6.12. The maximum absolute atomic E-state index is 11.7. The van der Waals surface area contributed by atoms with E-state index in [9.17, 15) is 4.79 Å². The lowest BCUT2D eigenvalue weighted by Crippen LogP contribution is -2.22. The van der Waals surface area contributed by atoms with Gasteiger partial charge in [0.05, 0.1) is 0 Å². The van der Waals surface area contributed by atoms with E-state index in [1.54, 1.807) is 24.5 Å². The largest absolute Gasteiger partial charge is 0.385 e. The Labute approximate surface area is 150 Å². The van der Waals surface area contributed by atoms with Crippen LogP contribution < -0.4 is 10.6 Å². The van der Waals surface area contributed by atoms with Crippen LogP contribution in [0.4, 0.5) is 5.69 Å². The molecule has 1 aromatic carbocycles. The molecule has 2 N–H and O–H groups in total. The maximum Gasteiger partial charge on any atom is 0.243 e. The summed E-state index contributed by atoms with van der Waals surface area (Å²) in [5, 5.41) is 6.34. The molecule has 0 spiro atoms. The summed E-state index contributed by atoms with van der Waals surface area (Å²) in [4.78, 5) is 15.7. The van der Waals surface area contributed by atoms with Gasteiger partial charge in [0, 0.05) is 37.2 Å². The number of pyridine rings is 1. The van der Waals surface area contributed by atoms with Crippen molar-refractivity contribution in [2.45, 2.75) is 32.6 Å². The molecule has 4 nitrogen and oxygen atoms in total. The number of benzene rings is 1. The number of hydrogen-bond acceptors (Lipinski definition) is 3. The first-order valence-electron chi connectivity index (χ1n) is 8.90. The van der Waals surface area contributed by atoms with Gasteiger partial charge in [-0.25, -0.2) is 0 Å². The zero-order chi connectivity index (χ0) is 17.7. The highest BCUT2D eigenvalue weighted by Crippen LogP contribution is 2.09. The molecule has 1 heterocycles. The van der Waals surface area contributed by atoms with Crippen LogP contribution in [-0.4, -0.2) is 24.0 Å². The van der Waals surface area contributed by atoms with Crippen molar-refractivity contribution in [2.75, 3.05) is 18.4 Å². The molecule has 0 aliphatic heterocycles. The van der Waals surface area contributed by atoms with E-state index >= 15 is 0 Å². The minimum absolute atomic E-state index is 0.0510. The van der Waals surface area contributed by atoms with Crippen molar-refractivity contribution in [2.24, 2.45) is 0 Å². The summed E-state index contributed by atoms with van der Waals surface area (Å²) in [6.07, 6.45) is 11.2. The Bertz CT molecular complexity index is 651. The quantitative estimate of drug-likeness (QED) is 0.505. The van der Waals surface area contributed by atoms with Gasteiger partial charge >= 0.3 is 0 Å². The Morgan fingerprint density at radius 2 is 1.80 bits per heavy atom. The molecule has 132 valence electrons. The molecule has 25 heavy (non-hydrogen) atoms. The average molecular weight is 337 g/mol. The van der Waals surface area contributed by atoms with Gasteiger partial charge in [0.2, 0.25) is 5.91 Å². The average Bonchev–Trinajstić information content (AvgIpc) is 2.64. The van der Waals surface area contributed by atoms with Crippen molar-refractivity contribution in [3.8, 4) is 0 Å². The predicted molar refractivity (Wildman–Crippen MR) is 104 cm³/mol. The minimum Gasteiger partial charge on any atom is -0.385 e. The molecule has 1 amide bonds. The number of amides is 1. The molecule has 0 saturated carbocycles. The number of nitrogens with one attached hydrogen (secondary N) is 2. The summed E-state index contributed by atoms with van der Waals surface area (Å²) in [7, 11) is 0. The fourth-order valence-electron chi connectivity index (χ4n) is 2.42. The summed E-state index contributed by atoms with van der Waals surface area (Å²) in [5.74, 6) is -0.0510. The second kappa shape index (κ2) is 11.0. The van der Waals surface area contributed by atoms with Crippen LogP contribution in [0.1, 0.15) is 36.8 Å². The molecule has 0 radical (unpaired) electrons. The summed E-state index contributed by atoms with van der Waals surface area (Å²) in [6, 6.07) is 12.2. The standard InChI is InChI=1S/C21H27N3O/c1-18-8-11-20(12-9-18)23-15-4-2-3-5-16-24-21(25)13-10-19-7-6-14-22-17-19/h6-14,17,23H,2-5,15-16H2,1H3,(H,24,25)/b13-10+. The maximum atomic E-state index is 11.7. The third-order valence-electron chi connectivity index (χ3n) is 3.90. The molecule has 1 aromatic heterocycles. The highest BCUT2D eigenvalue weighted by atomic mass is 16.1. The van der Waals surface area contributed by atoms with Gasteiger partial charge in [-0.05, 0) is 49.6 Å². The van der Waals surface area contributed by atoms with Crippen LogP contribution in [-0.2, 0) is 4.79 Å². The van der Waals surface area contributed by atoms with Gasteiger partial charge in [-0.15, -0.1) is 0 Å². The predicted octanol–water partition coefficient (Wildman–Crippen LogP) is 4.19. The van der Waals surface area contributed by atoms with Crippen LogP contribution in [0.5, 0.6) is 0 Å². The van der Waals surface area contributed by atoms with Gasteiger partial charge in [-0.1, -0.05) is 36.6 Å². The summed E-state index contributed by atoms with van der Waals surface area (Å²) in [6.45, 7) is 3.81. The van der Waals surface area contributed by atoms with Gasteiger partial charge in [0.25, 0.3) is 0 Å². The van der Waals surface area contributed by atoms with E-state index in [1.807, 2.05) is 12.1 Å². The van der Waals surface area contributed by atoms with Crippen LogP contribution in [0.2, 0.25) is 0 Å². The Morgan fingerprint density at radius 1 is 1.04 bits per heavy atom. The number of unbranched alkanes of at least 4 members (excludes halogenated alkanes) is 3. The summed E-state index contributed by atoms with van der Waals surface area (Å²) in [5.41, 5.74) is 3.39. The Kier molecular flexibility index (Phi) is 8.25. The van der Waals surface area contributed by atoms with Gasteiger partial charge in [-0.3, -0.25) is 9.78 Å². The normalized spacial score (nSPS) is 10.8. The van der Waals surface area contributed by atoms with Crippen molar-refractivity contribution >= 4 is 17.7 Å². The molecule has 0 unspecified atom stereocenters. The van der Waals surface area contributed by atoms with Crippen molar-refractivity contribution in [3.05, 3.63) is 66.0 Å². The van der Waals surface area contributed by atoms with Crippen LogP contribution >= 0.6 is 0 Å². The molecular weight excluding hydrogens is 310 g/mol. The molecule has 2 rings (SSSR count). The SMILES string of the molecule is Cc1ccc(NCCCCCCNC(=O)/C=C/c2cccnc2)cc1. The topological polar surface area (TPSA) is 54.0 Å². The van der Waals surface area contributed by atoms with E-state index in [1.165, 1.54) is 17.7 Å². The Hall–Kier alpha value is -2.62. The van der Waals surface area contributed by atoms with Gasteiger partial charge in [0.1, 0.15) is 0 Å². The van der Waals surface area contributed by atoms with Crippen molar-refractivity contribution in [1.82, 2.24) is 10.3 Å². The van der Waals surface area contributed by atoms with Gasteiger partial charge in [0.15, 0.2) is 0 Å². The number of rotatable bonds is 10. The zero-order valence-corrected chi connectivity index (χ0v) is 14.9. The number of carbonyl (C=O) groups is 1. The van der Waals surface area contributed by atoms with Crippen LogP contribution in [0.3, 0.4) is 0 Å². The number of aryl methyl sites for hydroxylation is 1. The van der Waals surface area contributed by atoms with Gasteiger partial charge < -0.3 is 10.6 Å². The minimum atomic E-state index is -0.0510. The highest BCUT2D eigenvalue weighted by molar-refractivity contribution is 5.91. The number of anilines is 1. The lowest BCUT2D eigenvalue weighted by atomic mass is 10.2.